The molecule has 4 heteroatoms. The van der Waals surface area contributed by atoms with Crippen molar-refractivity contribution in [2.75, 3.05) is 0 Å². The normalized spacial score (nSPS) is 27.8. The Morgan fingerprint density at radius 1 is 1.75 bits per heavy atom. The van der Waals surface area contributed by atoms with Gasteiger partial charge in [-0.25, -0.2) is 8.78 Å². The van der Waals surface area contributed by atoms with E-state index in [0.29, 0.717) is 0 Å². The first-order chi connectivity index (χ1) is 5.47. The SMILES string of the molecule is CCC(C)NC(=O)[C@H]1CC1(F)F. The molecule has 0 aromatic heterocycles. The number of amides is 1. The van der Waals surface area contributed by atoms with Crippen LogP contribution in [0.3, 0.4) is 0 Å². The van der Waals surface area contributed by atoms with Gasteiger partial charge in [0.05, 0.1) is 0 Å². The van der Waals surface area contributed by atoms with Gasteiger partial charge in [-0.2, -0.15) is 0 Å². The van der Waals surface area contributed by atoms with Gasteiger partial charge in [0.25, 0.3) is 5.92 Å². The Morgan fingerprint density at radius 3 is 2.58 bits per heavy atom. The largest absolute Gasteiger partial charge is 0.353 e. The molecule has 1 saturated carbocycles. The fourth-order valence-electron chi connectivity index (χ4n) is 0.943. The maximum Gasteiger partial charge on any atom is 0.260 e. The average molecular weight is 177 g/mol. The summed E-state index contributed by atoms with van der Waals surface area (Å²) >= 11 is 0. The third-order valence-electron chi connectivity index (χ3n) is 2.14. The second kappa shape index (κ2) is 2.99. The van der Waals surface area contributed by atoms with Crippen molar-refractivity contribution in [3.8, 4) is 0 Å². The quantitative estimate of drug-likeness (QED) is 0.696. The van der Waals surface area contributed by atoms with Crippen LogP contribution in [0.5, 0.6) is 0 Å². The van der Waals surface area contributed by atoms with Crippen LogP contribution in [0, 0.1) is 5.92 Å². The van der Waals surface area contributed by atoms with Crippen LogP contribution in [0.1, 0.15) is 26.7 Å². The van der Waals surface area contributed by atoms with Gasteiger partial charge in [-0.3, -0.25) is 4.79 Å². The summed E-state index contributed by atoms with van der Waals surface area (Å²) in [6.07, 6.45) is 0.485. The molecule has 0 radical (unpaired) electrons. The highest BCUT2D eigenvalue weighted by Crippen LogP contribution is 2.48. The van der Waals surface area contributed by atoms with Crippen LogP contribution in [0.2, 0.25) is 0 Å². The zero-order valence-electron chi connectivity index (χ0n) is 7.23. The van der Waals surface area contributed by atoms with Crippen molar-refractivity contribution in [2.24, 2.45) is 5.92 Å². The van der Waals surface area contributed by atoms with Crippen molar-refractivity contribution in [1.82, 2.24) is 5.32 Å². The van der Waals surface area contributed by atoms with Crippen LogP contribution in [0.15, 0.2) is 0 Å². The highest BCUT2D eigenvalue weighted by molar-refractivity contribution is 5.82. The molecule has 0 aliphatic heterocycles. The maximum absolute atomic E-state index is 12.3. The Kier molecular flexibility index (Phi) is 2.35. The highest BCUT2D eigenvalue weighted by atomic mass is 19.3. The fourth-order valence-corrected chi connectivity index (χ4v) is 0.943. The van der Waals surface area contributed by atoms with Gasteiger partial charge < -0.3 is 5.32 Å². The summed E-state index contributed by atoms with van der Waals surface area (Å²) in [6.45, 7) is 3.70. The number of halogens is 2. The molecule has 1 aliphatic rings. The van der Waals surface area contributed by atoms with E-state index in [4.69, 9.17) is 0 Å². The van der Waals surface area contributed by atoms with Gasteiger partial charge in [-0.15, -0.1) is 0 Å². The molecule has 1 amide bonds. The minimum Gasteiger partial charge on any atom is -0.353 e. The number of nitrogens with one attached hydrogen (secondary N) is 1. The summed E-state index contributed by atoms with van der Waals surface area (Å²) in [5, 5.41) is 2.53. The van der Waals surface area contributed by atoms with Crippen LogP contribution in [0.4, 0.5) is 8.78 Å². The predicted molar refractivity (Wildman–Crippen MR) is 40.9 cm³/mol. The van der Waals surface area contributed by atoms with E-state index < -0.39 is 17.7 Å². The van der Waals surface area contributed by atoms with Gasteiger partial charge in [0.2, 0.25) is 5.91 Å². The van der Waals surface area contributed by atoms with Crippen LogP contribution >= 0.6 is 0 Å². The highest BCUT2D eigenvalue weighted by Gasteiger charge is 2.61. The zero-order chi connectivity index (χ0) is 9.35. The van der Waals surface area contributed by atoms with E-state index in [9.17, 15) is 13.6 Å². The zero-order valence-corrected chi connectivity index (χ0v) is 7.23. The number of alkyl halides is 2. The molecular formula is C8H13F2NO. The molecule has 1 rings (SSSR count). The standard InChI is InChI=1S/C8H13F2NO/c1-3-5(2)11-7(12)6-4-8(6,9)10/h5-6H,3-4H2,1-2H3,(H,11,12)/t5?,6-/m1/s1. The third-order valence-corrected chi connectivity index (χ3v) is 2.14. The third kappa shape index (κ3) is 1.93. The van der Waals surface area contributed by atoms with Gasteiger partial charge in [0, 0.05) is 12.5 Å². The van der Waals surface area contributed by atoms with Gasteiger partial charge in [-0.05, 0) is 13.3 Å². The first kappa shape index (κ1) is 9.42. The summed E-state index contributed by atoms with van der Waals surface area (Å²) in [5.74, 6) is -4.31. The summed E-state index contributed by atoms with van der Waals surface area (Å²) in [5.41, 5.74) is 0. The molecule has 70 valence electrons. The Balaban J connectivity index is 2.32. The van der Waals surface area contributed by atoms with Crippen molar-refractivity contribution in [3.63, 3.8) is 0 Å². The summed E-state index contributed by atoms with van der Waals surface area (Å²) in [6, 6.07) is -0.00565. The fraction of sp³-hybridized carbons (Fsp3) is 0.875. The minimum atomic E-state index is -2.74. The van der Waals surface area contributed by atoms with Crippen LogP contribution in [0.25, 0.3) is 0 Å². The van der Waals surface area contributed by atoms with Crippen molar-refractivity contribution in [1.29, 1.82) is 0 Å². The molecule has 1 fully saturated rings. The van der Waals surface area contributed by atoms with Gasteiger partial charge in [-0.1, -0.05) is 6.92 Å². The first-order valence-electron chi connectivity index (χ1n) is 4.15. The monoisotopic (exact) mass is 177 g/mol. The van der Waals surface area contributed by atoms with E-state index in [1.54, 1.807) is 6.92 Å². The molecule has 1 aliphatic carbocycles. The topological polar surface area (TPSA) is 29.1 Å². The van der Waals surface area contributed by atoms with E-state index in [2.05, 4.69) is 5.32 Å². The smallest absolute Gasteiger partial charge is 0.260 e. The number of carbonyl (C=O) groups is 1. The van der Waals surface area contributed by atoms with E-state index in [1.165, 1.54) is 0 Å². The van der Waals surface area contributed by atoms with E-state index in [-0.39, 0.29) is 12.5 Å². The number of carbonyl (C=O) groups excluding carboxylic acids is 1. The molecule has 0 spiro atoms. The molecule has 1 unspecified atom stereocenters. The van der Waals surface area contributed by atoms with Gasteiger partial charge in [0.1, 0.15) is 5.92 Å². The van der Waals surface area contributed by atoms with Crippen LogP contribution < -0.4 is 5.32 Å². The van der Waals surface area contributed by atoms with Gasteiger partial charge >= 0.3 is 0 Å². The maximum atomic E-state index is 12.3. The molecule has 0 aromatic carbocycles. The lowest BCUT2D eigenvalue weighted by Crippen LogP contribution is -2.34. The van der Waals surface area contributed by atoms with E-state index in [1.807, 2.05) is 6.92 Å². The molecule has 1 N–H and O–H groups in total. The Morgan fingerprint density at radius 2 is 2.25 bits per heavy atom. The average Bonchev–Trinajstić information content (AvgIpc) is 2.59. The number of rotatable bonds is 3. The Labute approximate surface area is 70.3 Å². The Hall–Kier alpha value is -0.670. The molecule has 0 bridgehead atoms. The number of hydrogen-bond donors (Lipinski definition) is 1. The molecule has 2 atom stereocenters. The molecule has 2 nitrogen and oxygen atoms in total. The Bertz CT molecular complexity index is 193. The van der Waals surface area contributed by atoms with Crippen molar-refractivity contribution in [3.05, 3.63) is 0 Å². The molecule has 0 saturated heterocycles. The summed E-state index contributed by atoms with van der Waals surface area (Å²) in [7, 11) is 0. The molecular weight excluding hydrogens is 164 g/mol. The second-order valence-electron chi connectivity index (χ2n) is 3.34. The summed E-state index contributed by atoms with van der Waals surface area (Å²) in [4.78, 5) is 11.0. The molecule has 0 heterocycles. The van der Waals surface area contributed by atoms with Crippen LogP contribution in [-0.2, 0) is 4.79 Å². The predicted octanol–water partition coefficient (Wildman–Crippen LogP) is 1.56. The van der Waals surface area contributed by atoms with Crippen molar-refractivity contribution in [2.45, 2.75) is 38.7 Å². The minimum absolute atomic E-state index is 0.00565. The first-order valence-corrected chi connectivity index (χ1v) is 4.15. The lowest BCUT2D eigenvalue weighted by molar-refractivity contribution is -0.125. The lowest BCUT2D eigenvalue weighted by atomic mass is 10.2. The second-order valence-corrected chi connectivity index (χ2v) is 3.34. The van der Waals surface area contributed by atoms with E-state index >= 15 is 0 Å². The van der Waals surface area contributed by atoms with Crippen molar-refractivity contribution >= 4 is 5.91 Å². The van der Waals surface area contributed by atoms with Gasteiger partial charge in [0.15, 0.2) is 0 Å². The van der Waals surface area contributed by atoms with Crippen molar-refractivity contribution < 1.29 is 13.6 Å². The van der Waals surface area contributed by atoms with Crippen LogP contribution in [-0.4, -0.2) is 17.9 Å². The molecule has 0 aromatic rings. The van der Waals surface area contributed by atoms with E-state index in [0.717, 1.165) is 6.42 Å². The summed E-state index contributed by atoms with van der Waals surface area (Å²) < 4.78 is 24.7. The lowest BCUT2D eigenvalue weighted by Gasteiger charge is -2.10. The number of hydrogen-bond acceptors (Lipinski definition) is 1. The molecule has 12 heavy (non-hydrogen) atoms.